The van der Waals surface area contributed by atoms with Gasteiger partial charge in [0.05, 0.1) is 0 Å². The molecule has 0 aliphatic rings. The monoisotopic (exact) mass is 205 g/mol. The number of hydrogen-bond donors (Lipinski definition) is 1. The molecule has 1 rings (SSSR count). The molecule has 15 heavy (non-hydrogen) atoms. The summed E-state index contributed by atoms with van der Waals surface area (Å²) in [6.45, 7) is 4.71. The molecule has 0 aliphatic heterocycles. The standard InChI is InChI=1S/C13H16FN/c1-4-6-13(15-5-2)11-7-10(3)8-12(14)9-11/h1,7-9,13,15H,5-6H2,2-3H3. The van der Waals surface area contributed by atoms with E-state index in [1.54, 1.807) is 0 Å². The number of nitrogens with one attached hydrogen (secondary N) is 1. The van der Waals surface area contributed by atoms with Crippen LogP contribution in [0.1, 0.15) is 30.5 Å². The van der Waals surface area contributed by atoms with Crippen LogP contribution >= 0.6 is 0 Å². The molecule has 1 unspecified atom stereocenters. The first-order valence-electron chi connectivity index (χ1n) is 5.11. The fourth-order valence-corrected chi connectivity index (χ4v) is 1.64. The molecule has 0 bridgehead atoms. The van der Waals surface area contributed by atoms with Crippen molar-refractivity contribution in [3.05, 3.63) is 35.1 Å². The number of hydrogen-bond acceptors (Lipinski definition) is 1. The van der Waals surface area contributed by atoms with Crippen molar-refractivity contribution in [3.63, 3.8) is 0 Å². The van der Waals surface area contributed by atoms with Gasteiger partial charge >= 0.3 is 0 Å². The summed E-state index contributed by atoms with van der Waals surface area (Å²) in [6, 6.07) is 5.07. The van der Waals surface area contributed by atoms with Gasteiger partial charge in [-0.3, -0.25) is 0 Å². The largest absolute Gasteiger partial charge is 0.309 e. The van der Waals surface area contributed by atoms with Gasteiger partial charge in [0.25, 0.3) is 0 Å². The zero-order chi connectivity index (χ0) is 11.3. The molecule has 0 amide bonds. The van der Waals surface area contributed by atoms with Crippen LogP contribution < -0.4 is 5.32 Å². The number of benzene rings is 1. The van der Waals surface area contributed by atoms with Crippen LogP contribution in [-0.4, -0.2) is 6.54 Å². The van der Waals surface area contributed by atoms with E-state index >= 15 is 0 Å². The maximum absolute atomic E-state index is 13.2. The number of aryl methyl sites for hydroxylation is 1. The summed E-state index contributed by atoms with van der Waals surface area (Å²) in [4.78, 5) is 0. The van der Waals surface area contributed by atoms with Gasteiger partial charge in [0.2, 0.25) is 0 Å². The highest BCUT2D eigenvalue weighted by atomic mass is 19.1. The van der Waals surface area contributed by atoms with Crippen molar-refractivity contribution in [1.82, 2.24) is 5.32 Å². The molecule has 80 valence electrons. The second-order valence-electron chi connectivity index (χ2n) is 3.58. The molecule has 0 heterocycles. The minimum atomic E-state index is -0.204. The summed E-state index contributed by atoms with van der Waals surface area (Å²) in [6.07, 6.45) is 5.87. The van der Waals surface area contributed by atoms with Gasteiger partial charge in [0.1, 0.15) is 5.82 Å². The maximum Gasteiger partial charge on any atom is 0.123 e. The van der Waals surface area contributed by atoms with E-state index in [2.05, 4.69) is 11.2 Å². The minimum absolute atomic E-state index is 0.0504. The maximum atomic E-state index is 13.2. The Balaban J connectivity index is 2.95. The molecule has 1 nitrogen and oxygen atoms in total. The summed E-state index contributed by atoms with van der Waals surface area (Å²) < 4.78 is 13.2. The van der Waals surface area contributed by atoms with Crippen molar-refractivity contribution in [1.29, 1.82) is 0 Å². The lowest BCUT2D eigenvalue weighted by Gasteiger charge is -2.16. The second-order valence-corrected chi connectivity index (χ2v) is 3.58. The predicted molar refractivity (Wildman–Crippen MR) is 61.0 cm³/mol. The molecule has 1 aromatic rings. The van der Waals surface area contributed by atoms with Crippen molar-refractivity contribution in [2.45, 2.75) is 26.3 Å². The lowest BCUT2D eigenvalue weighted by molar-refractivity contribution is 0.556. The predicted octanol–water partition coefficient (Wildman–Crippen LogP) is 2.81. The molecule has 1 aromatic carbocycles. The average molecular weight is 205 g/mol. The lowest BCUT2D eigenvalue weighted by atomic mass is 10.0. The van der Waals surface area contributed by atoms with Crippen molar-refractivity contribution in [2.24, 2.45) is 0 Å². The van der Waals surface area contributed by atoms with Crippen LogP contribution in [0, 0.1) is 25.1 Å². The normalized spacial score (nSPS) is 12.1. The fraction of sp³-hybridized carbons (Fsp3) is 0.385. The highest BCUT2D eigenvalue weighted by molar-refractivity contribution is 5.27. The molecule has 0 aromatic heterocycles. The molecule has 0 aliphatic carbocycles. The quantitative estimate of drug-likeness (QED) is 0.745. The summed E-state index contributed by atoms with van der Waals surface area (Å²) in [5.74, 6) is 2.40. The van der Waals surface area contributed by atoms with Gasteiger partial charge in [-0.15, -0.1) is 12.3 Å². The molecule has 0 spiro atoms. The zero-order valence-corrected chi connectivity index (χ0v) is 9.18. The van der Waals surface area contributed by atoms with E-state index in [9.17, 15) is 4.39 Å². The molecule has 0 saturated heterocycles. The average Bonchev–Trinajstić information content (AvgIpc) is 2.16. The van der Waals surface area contributed by atoms with Crippen LogP contribution in [-0.2, 0) is 0 Å². The molecule has 1 N–H and O–H groups in total. The molecule has 2 heteroatoms. The highest BCUT2D eigenvalue weighted by Gasteiger charge is 2.10. The van der Waals surface area contributed by atoms with Crippen molar-refractivity contribution >= 4 is 0 Å². The smallest absolute Gasteiger partial charge is 0.123 e. The Bertz CT molecular complexity index is 345. The molecule has 1 atom stereocenters. The Morgan fingerprint density at radius 1 is 1.47 bits per heavy atom. The summed E-state index contributed by atoms with van der Waals surface area (Å²) in [5.41, 5.74) is 1.84. The number of halogens is 1. The Morgan fingerprint density at radius 3 is 2.73 bits per heavy atom. The summed E-state index contributed by atoms with van der Waals surface area (Å²) in [5, 5.41) is 3.25. The van der Waals surface area contributed by atoms with Crippen LogP contribution in [0.3, 0.4) is 0 Å². The lowest BCUT2D eigenvalue weighted by Crippen LogP contribution is -2.20. The molecule has 0 fully saturated rings. The van der Waals surface area contributed by atoms with E-state index in [4.69, 9.17) is 6.42 Å². The zero-order valence-electron chi connectivity index (χ0n) is 9.18. The van der Waals surface area contributed by atoms with Gasteiger partial charge in [0.15, 0.2) is 0 Å². The first kappa shape index (κ1) is 11.7. The number of rotatable bonds is 4. The number of terminal acetylenes is 1. The van der Waals surface area contributed by atoms with Crippen LogP contribution in [0.25, 0.3) is 0 Å². The van der Waals surface area contributed by atoms with Crippen LogP contribution in [0.4, 0.5) is 4.39 Å². The Kier molecular flexibility index (Phi) is 4.33. The molecule has 0 saturated carbocycles. The van der Waals surface area contributed by atoms with Crippen molar-refractivity contribution in [3.8, 4) is 12.3 Å². The summed E-state index contributed by atoms with van der Waals surface area (Å²) in [7, 11) is 0. The molecular formula is C13H16FN. The Morgan fingerprint density at radius 2 is 2.20 bits per heavy atom. The van der Waals surface area contributed by atoms with Gasteiger partial charge in [-0.05, 0) is 36.7 Å². The highest BCUT2D eigenvalue weighted by Crippen LogP contribution is 2.19. The molecule has 0 radical (unpaired) electrons. The van der Waals surface area contributed by atoms with E-state index in [0.717, 1.165) is 17.7 Å². The SMILES string of the molecule is C#CCC(NCC)c1cc(C)cc(F)c1. The van der Waals surface area contributed by atoms with Crippen molar-refractivity contribution < 1.29 is 4.39 Å². The second kappa shape index (κ2) is 5.53. The Labute approximate surface area is 90.7 Å². The van der Waals surface area contributed by atoms with Gasteiger partial charge in [0, 0.05) is 12.5 Å². The first-order chi connectivity index (χ1) is 7.17. The third-order valence-electron chi connectivity index (χ3n) is 2.24. The van der Waals surface area contributed by atoms with Crippen LogP contribution in [0.2, 0.25) is 0 Å². The van der Waals surface area contributed by atoms with E-state index < -0.39 is 0 Å². The van der Waals surface area contributed by atoms with E-state index in [0.29, 0.717) is 6.42 Å². The third kappa shape index (κ3) is 3.38. The van der Waals surface area contributed by atoms with E-state index in [-0.39, 0.29) is 11.9 Å². The van der Waals surface area contributed by atoms with E-state index in [1.807, 2.05) is 19.9 Å². The third-order valence-corrected chi connectivity index (χ3v) is 2.24. The van der Waals surface area contributed by atoms with Crippen molar-refractivity contribution in [2.75, 3.05) is 6.54 Å². The van der Waals surface area contributed by atoms with Gasteiger partial charge in [-0.1, -0.05) is 13.0 Å². The molecular weight excluding hydrogens is 189 g/mol. The fourth-order valence-electron chi connectivity index (χ4n) is 1.64. The van der Waals surface area contributed by atoms with Gasteiger partial charge < -0.3 is 5.32 Å². The van der Waals surface area contributed by atoms with Gasteiger partial charge in [-0.2, -0.15) is 0 Å². The summed E-state index contributed by atoms with van der Waals surface area (Å²) >= 11 is 0. The minimum Gasteiger partial charge on any atom is -0.309 e. The van der Waals surface area contributed by atoms with Crippen LogP contribution in [0.5, 0.6) is 0 Å². The first-order valence-corrected chi connectivity index (χ1v) is 5.11. The topological polar surface area (TPSA) is 12.0 Å². The van der Waals surface area contributed by atoms with E-state index in [1.165, 1.54) is 12.1 Å². The van der Waals surface area contributed by atoms with Gasteiger partial charge in [-0.25, -0.2) is 4.39 Å². The van der Waals surface area contributed by atoms with Crippen LogP contribution in [0.15, 0.2) is 18.2 Å². The Hall–Kier alpha value is -1.33.